The van der Waals surface area contributed by atoms with Crippen molar-refractivity contribution < 1.29 is 19.1 Å². The van der Waals surface area contributed by atoms with Crippen molar-refractivity contribution in [2.45, 2.75) is 13.8 Å². The molecule has 0 fully saturated rings. The van der Waals surface area contributed by atoms with Crippen molar-refractivity contribution in [1.29, 1.82) is 0 Å². The van der Waals surface area contributed by atoms with Crippen LogP contribution in [0.3, 0.4) is 0 Å². The molecular formula is C19H22N2O4. The van der Waals surface area contributed by atoms with Gasteiger partial charge < -0.3 is 20.1 Å². The Kier molecular flexibility index (Phi) is 6.54. The van der Waals surface area contributed by atoms with E-state index < -0.39 is 0 Å². The lowest BCUT2D eigenvalue weighted by atomic mass is 10.1. The number of carbonyl (C=O) groups excluding carboxylic acids is 2. The zero-order valence-electron chi connectivity index (χ0n) is 14.6. The first-order chi connectivity index (χ1) is 12.0. The summed E-state index contributed by atoms with van der Waals surface area (Å²) < 4.78 is 10.2. The van der Waals surface area contributed by atoms with Crippen LogP contribution in [0, 0.1) is 6.92 Å². The molecule has 132 valence electrons. The summed E-state index contributed by atoms with van der Waals surface area (Å²) in [7, 11) is 1.57. The van der Waals surface area contributed by atoms with Crippen LogP contribution in [0.25, 0.3) is 0 Å². The van der Waals surface area contributed by atoms with Crippen LogP contribution in [0.1, 0.15) is 22.8 Å². The lowest BCUT2D eigenvalue weighted by Gasteiger charge is -2.11. The third kappa shape index (κ3) is 5.32. The van der Waals surface area contributed by atoms with Crippen LogP contribution in [-0.2, 0) is 9.53 Å². The molecule has 0 spiro atoms. The molecule has 0 unspecified atom stereocenters. The van der Waals surface area contributed by atoms with Crippen LogP contribution in [0.2, 0.25) is 0 Å². The van der Waals surface area contributed by atoms with Gasteiger partial charge in [-0.15, -0.1) is 0 Å². The number of hydrogen-bond acceptors (Lipinski definition) is 4. The topological polar surface area (TPSA) is 76.7 Å². The van der Waals surface area contributed by atoms with E-state index in [1.807, 2.05) is 13.8 Å². The summed E-state index contributed by atoms with van der Waals surface area (Å²) in [5, 5.41) is 5.57. The second kappa shape index (κ2) is 8.84. The van der Waals surface area contributed by atoms with Crippen LogP contribution in [0.5, 0.6) is 5.75 Å². The average Bonchev–Trinajstić information content (AvgIpc) is 2.61. The monoisotopic (exact) mass is 342 g/mol. The summed E-state index contributed by atoms with van der Waals surface area (Å²) in [4.78, 5) is 24.3. The summed E-state index contributed by atoms with van der Waals surface area (Å²) in [5.74, 6) is 0.134. The van der Waals surface area contributed by atoms with Gasteiger partial charge in [0, 0.05) is 29.6 Å². The van der Waals surface area contributed by atoms with Crippen LogP contribution >= 0.6 is 0 Å². The number of hydrogen-bond donors (Lipinski definition) is 2. The smallest absolute Gasteiger partial charge is 0.255 e. The van der Waals surface area contributed by atoms with E-state index in [-0.39, 0.29) is 18.4 Å². The number of amides is 2. The van der Waals surface area contributed by atoms with Crippen molar-refractivity contribution in [3.63, 3.8) is 0 Å². The van der Waals surface area contributed by atoms with Gasteiger partial charge >= 0.3 is 0 Å². The Morgan fingerprint density at radius 2 is 1.88 bits per heavy atom. The molecule has 0 aliphatic rings. The highest BCUT2D eigenvalue weighted by Crippen LogP contribution is 2.20. The minimum absolute atomic E-state index is 0.0177. The summed E-state index contributed by atoms with van der Waals surface area (Å²) in [6.07, 6.45) is 0. The number of benzene rings is 2. The minimum atomic E-state index is -0.270. The summed E-state index contributed by atoms with van der Waals surface area (Å²) in [5.41, 5.74) is 2.53. The van der Waals surface area contributed by atoms with Gasteiger partial charge in [0.2, 0.25) is 5.91 Å². The maximum absolute atomic E-state index is 12.4. The summed E-state index contributed by atoms with van der Waals surface area (Å²) in [6, 6.07) is 12.3. The number of carbonyl (C=O) groups is 2. The van der Waals surface area contributed by atoms with Crippen molar-refractivity contribution in [1.82, 2.24) is 0 Å². The highest BCUT2D eigenvalue weighted by atomic mass is 16.5. The van der Waals surface area contributed by atoms with Gasteiger partial charge in [0.25, 0.3) is 5.91 Å². The van der Waals surface area contributed by atoms with E-state index in [0.29, 0.717) is 29.3 Å². The lowest BCUT2D eigenvalue weighted by Crippen LogP contribution is -2.19. The first-order valence-electron chi connectivity index (χ1n) is 7.97. The molecule has 0 radical (unpaired) electrons. The summed E-state index contributed by atoms with van der Waals surface area (Å²) >= 11 is 0. The molecule has 0 bridgehead atoms. The van der Waals surface area contributed by atoms with E-state index >= 15 is 0 Å². The predicted octanol–water partition coefficient (Wildman–Crippen LogP) is 3.23. The molecule has 0 aromatic heterocycles. The van der Waals surface area contributed by atoms with Gasteiger partial charge in [-0.25, -0.2) is 0 Å². The molecule has 0 saturated carbocycles. The van der Waals surface area contributed by atoms with Crippen LogP contribution in [-0.4, -0.2) is 32.1 Å². The molecule has 6 nitrogen and oxygen atoms in total. The third-order valence-corrected chi connectivity index (χ3v) is 3.54. The lowest BCUT2D eigenvalue weighted by molar-refractivity contribution is -0.120. The van der Waals surface area contributed by atoms with Crippen LogP contribution < -0.4 is 15.4 Å². The molecule has 2 aromatic carbocycles. The van der Waals surface area contributed by atoms with E-state index in [1.54, 1.807) is 49.6 Å². The van der Waals surface area contributed by atoms with E-state index in [4.69, 9.17) is 9.47 Å². The molecule has 2 N–H and O–H groups in total. The number of nitrogens with one attached hydrogen (secondary N) is 2. The first kappa shape index (κ1) is 18.5. The largest absolute Gasteiger partial charge is 0.497 e. The Labute approximate surface area is 147 Å². The highest BCUT2D eigenvalue weighted by molar-refractivity contribution is 6.05. The number of anilines is 2. The number of ether oxygens (including phenoxy) is 2. The van der Waals surface area contributed by atoms with Gasteiger partial charge in [-0.3, -0.25) is 9.59 Å². The molecule has 0 atom stereocenters. The van der Waals surface area contributed by atoms with Crippen molar-refractivity contribution >= 4 is 23.2 Å². The van der Waals surface area contributed by atoms with E-state index in [9.17, 15) is 9.59 Å². The average molecular weight is 342 g/mol. The fraction of sp³-hybridized carbons (Fsp3) is 0.263. The first-order valence-corrected chi connectivity index (χ1v) is 7.97. The zero-order valence-corrected chi connectivity index (χ0v) is 14.6. The maximum atomic E-state index is 12.4. The van der Waals surface area contributed by atoms with Gasteiger partial charge in [-0.05, 0) is 43.7 Å². The third-order valence-electron chi connectivity index (χ3n) is 3.54. The molecule has 2 amide bonds. The second-order valence-corrected chi connectivity index (χ2v) is 5.40. The van der Waals surface area contributed by atoms with E-state index in [0.717, 1.165) is 5.56 Å². The molecule has 2 rings (SSSR count). The van der Waals surface area contributed by atoms with E-state index in [1.165, 1.54) is 0 Å². The Balaban J connectivity index is 2.11. The second-order valence-electron chi connectivity index (χ2n) is 5.40. The molecule has 0 aliphatic heterocycles. The van der Waals surface area contributed by atoms with Gasteiger partial charge in [-0.2, -0.15) is 0 Å². The van der Waals surface area contributed by atoms with Crippen molar-refractivity contribution in [2.75, 3.05) is 31.0 Å². The fourth-order valence-corrected chi connectivity index (χ4v) is 2.18. The number of aryl methyl sites for hydroxylation is 1. The van der Waals surface area contributed by atoms with E-state index in [2.05, 4.69) is 10.6 Å². The summed E-state index contributed by atoms with van der Waals surface area (Å²) in [6.45, 7) is 4.13. The van der Waals surface area contributed by atoms with Gasteiger partial charge in [-0.1, -0.05) is 12.1 Å². The Bertz CT molecular complexity index is 759. The Morgan fingerprint density at radius 1 is 1.08 bits per heavy atom. The van der Waals surface area contributed by atoms with Crippen molar-refractivity contribution in [2.24, 2.45) is 0 Å². The normalized spacial score (nSPS) is 10.2. The zero-order chi connectivity index (χ0) is 18.2. The molecular weight excluding hydrogens is 320 g/mol. The Morgan fingerprint density at radius 3 is 2.60 bits per heavy atom. The minimum Gasteiger partial charge on any atom is -0.497 e. The molecule has 6 heteroatoms. The van der Waals surface area contributed by atoms with Crippen molar-refractivity contribution in [3.8, 4) is 5.75 Å². The fourth-order valence-electron chi connectivity index (χ4n) is 2.18. The molecule has 0 heterocycles. The molecule has 0 aliphatic carbocycles. The quantitative estimate of drug-likeness (QED) is 0.810. The predicted molar refractivity (Wildman–Crippen MR) is 97.2 cm³/mol. The SMILES string of the molecule is CCOCC(=O)Nc1cc(C(=O)Nc2cccc(OC)c2)ccc1C. The molecule has 25 heavy (non-hydrogen) atoms. The molecule has 2 aromatic rings. The number of rotatable bonds is 7. The number of methoxy groups -OCH3 is 1. The van der Waals surface area contributed by atoms with Gasteiger partial charge in [0.15, 0.2) is 0 Å². The maximum Gasteiger partial charge on any atom is 0.255 e. The van der Waals surface area contributed by atoms with Crippen LogP contribution in [0.4, 0.5) is 11.4 Å². The molecule has 0 saturated heterocycles. The Hall–Kier alpha value is -2.86. The van der Waals surface area contributed by atoms with Crippen molar-refractivity contribution in [3.05, 3.63) is 53.6 Å². The van der Waals surface area contributed by atoms with Gasteiger partial charge in [0.05, 0.1) is 7.11 Å². The standard InChI is InChI=1S/C19H22N2O4/c1-4-25-12-18(22)21-17-10-14(9-8-13(17)2)19(23)20-15-6-5-7-16(11-15)24-3/h5-11H,4,12H2,1-3H3,(H,20,23)(H,21,22). The van der Waals surface area contributed by atoms with Crippen LogP contribution in [0.15, 0.2) is 42.5 Å². The van der Waals surface area contributed by atoms with Gasteiger partial charge in [0.1, 0.15) is 12.4 Å². The highest BCUT2D eigenvalue weighted by Gasteiger charge is 2.11.